The molecular formula is C13H21N3O2S. The fraction of sp³-hybridized carbons (Fsp3) is 0.538. The van der Waals surface area contributed by atoms with E-state index in [1.54, 1.807) is 0 Å². The maximum Gasteiger partial charge on any atom is 0.242 e. The van der Waals surface area contributed by atoms with Crippen molar-refractivity contribution in [3.63, 3.8) is 0 Å². The van der Waals surface area contributed by atoms with Crippen molar-refractivity contribution in [1.82, 2.24) is 10.6 Å². The number of carbonyl (C=O) groups excluding carboxylic acids is 2. The molecule has 0 fully saturated rings. The third-order valence-corrected chi connectivity index (χ3v) is 3.45. The smallest absolute Gasteiger partial charge is 0.242 e. The van der Waals surface area contributed by atoms with Gasteiger partial charge in [-0.15, -0.1) is 11.3 Å². The van der Waals surface area contributed by atoms with E-state index in [9.17, 15) is 9.59 Å². The van der Waals surface area contributed by atoms with Crippen molar-refractivity contribution in [3.8, 4) is 0 Å². The minimum Gasteiger partial charge on any atom is -0.356 e. The Balaban J connectivity index is 2.22. The number of thiophene rings is 1. The summed E-state index contributed by atoms with van der Waals surface area (Å²) in [5.41, 5.74) is 5.80. The van der Waals surface area contributed by atoms with Gasteiger partial charge in [0, 0.05) is 24.4 Å². The molecule has 6 heteroatoms. The van der Waals surface area contributed by atoms with Crippen molar-refractivity contribution >= 4 is 23.2 Å². The Morgan fingerprint density at radius 3 is 2.68 bits per heavy atom. The van der Waals surface area contributed by atoms with Crippen LogP contribution in [0.15, 0.2) is 17.5 Å². The van der Waals surface area contributed by atoms with Gasteiger partial charge in [0.05, 0.1) is 0 Å². The van der Waals surface area contributed by atoms with E-state index in [-0.39, 0.29) is 18.2 Å². The van der Waals surface area contributed by atoms with Crippen LogP contribution in [-0.4, -0.2) is 24.9 Å². The fourth-order valence-corrected chi connectivity index (χ4v) is 2.14. The Morgan fingerprint density at radius 1 is 1.37 bits per heavy atom. The molecule has 0 spiro atoms. The number of amides is 2. The van der Waals surface area contributed by atoms with E-state index >= 15 is 0 Å². The Hall–Kier alpha value is -1.40. The summed E-state index contributed by atoms with van der Waals surface area (Å²) in [7, 11) is 0. The van der Waals surface area contributed by atoms with Gasteiger partial charge in [-0.3, -0.25) is 9.59 Å². The summed E-state index contributed by atoms with van der Waals surface area (Å²) in [6.45, 7) is 5.02. The predicted octanol–water partition coefficient (Wildman–Crippen LogP) is 1.03. The molecule has 0 radical (unpaired) electrons. The van der Waals surface area contributed by atoms with Crippen molar-refractivity contribution in [1.29, 1.82) is 0 Å². The van der Waals surface area contributed by atoms with Gasteiger partial charge >= 0.3 is 0 Å². The lowest BCUT2D eigenvalue weighted by Crippen LogP contribution is -2.36. The van der Waals surface area contributed by atoms with Gasteiger partial charge in [-0.25, -0.2) is 0 Å². The molecule has 0 aliphatic heterocycles. The van der Waals surface area contributed by atoms with Crippen LogP contribution in [0.25, 0.3) is 0 Å². The molecule has 0 saturated heterocycles. The second kappa shape index (κ2) is 7.91. The maximum absolute atomic E-state index is 11.7. The average Bonchev–Trinajstić information content (AvgIpc) is 2.89. The minimum absolute atomic E-state index is 0.0568. The summed E-state index contributed by atoms with van der Waals surface area (Å²) < 4.78 is 0. The van der Waals surface area contributed by atoms with Crippen LogP contribution in [0.1, 0.15) is 31.2 Å². The van der Waals surface area contributed by atoms with Crippen molar-refractivity contribution in [3.05, 3.63) is 22.4 Å². The van der Waals surface area contributed by atoms with Crippen LogP contribution in [0, 0.1) is 5.92 Å². The van der Waals surface area contributed by atoms with Crippen molar-refractivity contribution < 1.29 is 9.59 Å². The second-order valence-electron chi connectivity index (χ2n) is 4.73. The van der Waals surface area contributed by atoms with E-state index in [1.807, 2.05) is 31.4 Å². The highest BCUT2D eigenvalue weighted by Crippen LogP contribution is 2.16. The van der Waals surface area contributed by atoms with Gasteiger partial charge in [0.1, 0.15) is 6.04 Å². The highest BCUT2D eigenvalue weighted by Gasteiger charge is 2.16. The lowest BCUT2D eigenvalue weighted by Gasteiger charge is -2.11. The quantitative estimate of drug-likeness (QED) is 0.698. The lowest BCUT2D eigenvalue weighted by molar-refractivity contribution is -0.123. The summed E-state index contributed by atoms with van der Waals surface area (Å²) in [4.78, 5) is 24.0. The Morgan fingerprint density at radius 2 is 2.11 bits per heavy atom. The van der Waals surface area contributed by atoms with Crippen LogP contribution in [0.4, 0.5) is 0 Å². The zero-order chi connectivity index (χ0) is 14.3. The molecule has 19 heavy (non-hydrogen) atoms. The molecule has 0 aliphatic carbocycles. The largest absolute Gasteiger partial charge is 0.356 e. The van der Waals surface area contributed by atoms with Gasteiger partial charge < -0.3 is 16.4 Å². The first-order valence-corrected chi connectivity index (χ1v) is 7.22. The minimum atomic E-state index is -0.654. The number of nitrogens with one attached hydrogen (secondary N) is 2. The molecular weight excluding hydrogens is 262 g/mol. The molecule has 0 aromatic carbocycles. The highest BCUT2D eigenvalue weighted by molar-refractivity contribution is 7.10. The monoisotopic (exact) mass is 283 g/mol. The summed E-state index contributed by atoms with van der Waals surface area (Å²) >= 11 is 1.45. The molecule has 2 amide bonds. The molecule has 4 N–H and O–H groups in total. The summed E-state index contributed by atoms with van der Waals surface area (Å²) in [6.07, 6.45) is 0.273. The first kappa shape index (κ1) is 15.7. The van der Waals surface area contributed by atoms with Crippen LogP contribution in [0.2, 0.25) is 0 Å². The van der Waals surface area contributed by atoms with Gasteiger partial charge in [0.2, 0.25) is 11.8 Å². The number of nitrogens with two attached hydrogens (primary N) is 1. The van der Waals surface area contributed by atoms with E-state index in [1.165, 1.54) is 11.3 Å². The molecule has 0 bridgehead atoms. The highest BCUT2D eigenvalue weighted by atomic mass is 32.1. The SMILES string of the molecule is CC(C)CNC(=O)CCNC(=O)C(N)c1cccs1. The summed E-state index contributed by atoms with van der Waals surface area (Å²) in [5, 5.41) is 7.34. The van der Waals surface area contributed by atoms with Gasteiger partial charge in [0.25, 0.3) is 0 Å². The Labute approximate surface area is 117 Å². The molecule has 106 valence electrons. The molecule has 1 atom stereocenters. The van der Waals surface area contributed by atoms with Crippen molar-refractivity contribution in [2.45, 2.75) is 26.3 Å². The first-order valence-electron chi connectivity index (χ1n) is 6.34. The zero-order valence-corrected chi connectivity index (χ0v) is 12.1. The van der Waals surface area contributed by atoms with E-state index in [0.29, 0.717) is 19.0 Å². The van der Waals surface area contributed by atoms with Gasteiger partial charge in [-0.1, -0.05) is 19.9 Å². The van der Waals surface area contributed by atoms with Crippen LogP contribution >= 0.6 is 11.3 Å². The lowest BCUT2D eigenvalue weighted by atomic mass is 10.2. The number of hydrogen-bond donors (Lipinski definition) is 3. The third kappa shape index (κ3) is 5.85. The number of carbonyl (C=O) groups is 2. The van der Waals surface area contributed by atoms with E-state index in [4.69, 9.17) is 5.73 Å². The van der Waals surface area contributed by atoms with Crippen LogP contribution in [0.5, 0.6) is 0 Å². The standard InChI is InChI=1S/C13H21N3O2S/c1-9(2)8-16-11(17)5-6-15-13(18)12(14)10-4-3-7-19-10/h3-4,7,9,12H,5-6,8,14H2,1-2H3,(H,15,18)(H,16,17). The molecule has 1 aromatic heterocycles. The summed E-state index contributed by atoms with van der Waals surface area (Å²) in [5.74, 6) is 0.114. The summed E-state index contributed by atoms with van der Waals surface area (Å²) in [6, 6.07) is 3.02. The normalized spacial score (nSPS) is 12.2. The maximum atomic E-state index is 11.7. The average molecular weight is 283 g/mol. The van der Waals surface area contributed by atoms with E-state index < -0.39 is 6.04 Å². The second-order valence-corrected chi connectivity index (χ2v) is 5.71. The molecule has 5 nitrogen and oxygen atoms in total. The topological polar surface area (TPSA) is 84.2 Å². The van der Waals surface area contributed by atoms with E-state index in [2.05, 4.69) is 10.6 Å². The van der Waals surface area contributed by atoms with E-state index in [0.717, 1.165) is 4.88 Å². The van der Waals surface area contributed by atoms with Crippen molar-refractivity contribution in [2.24, 2.45) is 11.7 Å². The first-order chi connectivity index (χ1) is 9.00. The molecule has 1 heterocycles. The van der Waals surface area contributed by atoms with Crippen LogP contribution in [0.3, 0.4) is 0 Å². The molecule has 0 saturated carbocycles. The Kier molecular flexibility index (Phi) is 6.52. The number of rotatable bonds is 7. The van der Waals surface area contributed by atoms with Gasteiger partial charge in [-0.05, 0) is 17.4 Å². The van der Waals surface area contributed by atoms with Crippen LogP contribution in [-0.2, 0) is 9.59 Å². The van der Waals surface area contributed by atoms with Gasteiger partial charge in [-0.2, -0.15) is 0 Å². The third-order valence-electron chi connectivity index (χ3n) is 2.49. The molecule has 1 aromatic rings. The van der Waals surface area contributed by atoms with Crippen molar-refractivity contribution in [2.75, 3.05) is 13.1 Å². The zero-order valence-electron chi connectivity index (χ0n) is 11.3. The van der Waals surface area contributed by atoms with Gasteiger partial charge in [0.15, 0.2) is 0 Å². The molecule has 1 unspecified atom stereocenters. The molecule has 1 rings (SSSR count). The number of hydrogen-bond acceptors (Lipinski definition) is 4. The van der Waals surface area contributed by atoms with Crippen LogP contribution < -0.4 is 16.4 Å². The Bertz CT molecular complexity index is 404. The fourth-order valence-electron chi connectivity index (χ4n) is 1.41. The predicted molar refractivity (Wildman–Crippen MR) is 76.7 cm³/mol. The molecule has 0 aliphatic rings.